The quantitative estimate of drug-likeness (QED) is 0.161. The lowest BCUT2D eigenvalue weighted by atomic mass is 9.92. The van der Waals surface area contributed by atoms with E-state index in [4.69, 9.17) is 15.0 Å². The van der Waals surface area contributed by atoms with Gasteiger partial charge in [0.15, 0.2) is 17.5 Å². The second-order valence-corrected chi connectivity index (χ2v) is 15.3. The number of para-hydroxylation sites is 3. The molecule has 0 amide bonds. The smallest absolute Gasteiger partial charge is 0.165 e. The summed E-state index contributed by atoms with van der Waals surface area (Å²) in [6, 6.07) is 66.4. The molecule has 0 bridgehead atoms. The van der Waals surface area contributed by atoms with Crippen molar-refractivity contribution in [1.82, 2.24) is 34.1 Å². The molecule has 12 rings (SSSR count). The summed E-state index contributed by atoms with van der Waals surface area (Å²) in [6.07, 6.45) is 7.09. The Balaban J connectivity index is 1.24. The van der Waals surface area contributed by atoms with Crippen LogP contribution in [0.15, 0.2) is 213 Å². The van der Waals surface area contributed by atoms with Crippen molar-refractivity contribution in [3.8, 4) is 67.8 Å². The molecule has 0 radical (unpaired) electrons. The van der Waals surface area contributed by atoms with E-state index in [-0.39, 0.29) is 0 Å². The monoisotopic (exact) mass is 793 g/mol. The Labute approximate surface area is 356 Å². The lowest BCUT2D eigenvalue weighted by Crippen LogP contribution is -2.04. The van der Waals surface area contributed by atoms with Crippen molar-refractivity contribution in [2.45, 2.75) is 0 Å². The zero-order chi connectivity index (χ0) is 41.0. The van der Waals surface area contributed by atoms with Crippen LogP contribution < -0.4 is 0 Å². The van der Waals surface area contributed by atoms with Crippen molar-refractivity contribution in [3.05, 3.63) is 213 Å². The number of pyridine rings is 2. The first-order valence-corrected chi connectivity index (χ1v) is 20.7. The van der Waals surface area contributed by atoms with Crippen LogP contribution in [0.4, 0.5) is 0 Å². The van der Waals surface area contributed by atoms with Gasteiger partial charge in [-0.05, 0) is 77.9 Å². The molecular weight excluding hydrogens is 759 g/mol. The van der Waals surface area contributed by atoms with Gasteiger partial charge in [0, 0.05) is 79.8 Å². The molecule has 0 N–H and O–H groups in total. The molecule has 0 aliphatic carbocycles. The van der Waals surface area contributed by atoms with Gasteiger partial charge in [0.2, 0.25) is 0 Å². The molecular formula is C55H35N7. The summed E-state index contributed by atoms with van der Waals surface area (Å²) in [5.41, 5.74) is 13.4. The van der Waals surface area contributed by atoms with Gasteiger partial charge in [-0.25, -0.2) is 15.0 Å². The third-order valence-corrected chi connectivity index (χ3v) is 11.7. The summed E-state index contributed by atoms with van der Waals surface area (Å²) in [5.74, 6) is 1.62. The van der Waals surface area contributed by atoms with E-state index in [1.807, 2.05) is 24.3 Å². The molecule has 0 unspecified atom stereocenters. The maximum absolute atomic E-state index is 5.18. The van der Waals surface area contributed by atoms with Gasteiger partial charge in [0.1, 0.15) is 0 Å². The van der Waals surface area contributed by atoms with Crippen LogP contribution in [-0.4, -0.2) is 34.1 Å². The lowest BCUT2D eigenvalue weighted by molar-refractivity contribution is 1.07. The second-order valence-electron chi connectivity index (χ2n) is 15.3. The average molecular weight is 794 g/mol. The van der Waals surface area contributed by atoms with Crippen molar-refractivity contribution >= 4 is 43.6 Å². The first kappa shape index (κ1) is 35.4. The van der Waals surface area contributed by atoms with Crippen LogP contribution in [0.2, 0.25) is 0 Å². The summed E-state index contributed by atoms with van der Waals surface area (Å²) >= 11 is 0. The zero-order valence-electron chi connectivity index (χ0n) is 33.3. The van der Waals surface area contributed by atoms with Crippen LogP contribution in [0.5, 0.6) is 0 Å². The summed E-state index contributed by atoms with van der Waals surface area (Å²) in [5, 5.41) is 4.75. The Morgan fingerprint density at radius 1 is 0.339 bits per heavy atom. The molecule has 0 fully saturated rings. The normalized spacial score (nSPS) is 11.5. The van der Waals surface area contributed by atoms with Gasteiger partial charge in [-0.2, -0.15) is 0 Å². The maximum atomic E-state index is 5.18. The van der Waals surface area contributed by atoms with E-state index in [1.54, 1.807) is 24.8 Å². The van der Waals surface area contributed by atoms with Crippen molar-refractivity contribution in [2.75, 3.05) is 0 Å². The molecule has 0 saturated carbocycles. The van der Waals surface area contributed by atoms with Gasteiger partial charge in [0.05, 0.1) is 27.8 Å². The van der Waals surface area contributed by atoms with Crippen LogP contribution in [0, 0.1) is 0 Å². The molecule has 5 heterocycles. The molecule has 0 aliphatic heterocycles. The van der Waals surface area contributed by atoms with Crippen LogP contribution in [0.25, 0.3) is 111 Å². The molecule has 0 aliphatic rings. The Kier molecular flexibility index (Phi) is 8.35. The van der Waals surface area contributed by atoms with E-state index >= 15 is 0 Å². The van der Waals surface area contributed by atoms with Crippen LogP contribution in [0.1, 0.15) is 0 Å². The zero-order valence-corrected chi connectivity index (χ0v) is 33.3. The molecule has 12 aromatic rings. The Hall–Kier alpha value is -8.55. The van der Waals surface area contributed by atoms with Crippen molar-refractivity contribution in [1.29, 1.82) is 0 Å². The molecule has 7 aromatic carbocycles. The minimum Gasteiger partial charge on any atom is -0.309 e. The number of aromatic nitrogens is 7. The third kappa shape index (κ3) is 5.79. The SMILES string of the molecule is c1ccc(-c2cc(-c3nc(-c4cccnc4)nc(-c4cccnc4)n3)cc(-c3ccccc3)c2-n2c3ccccc3c3ccc4c(c5ccccc5n4-c4ccccc4)c32)cc1. The van der Waals surface area contributed by atoms with Crippen molar-refractivity contribution in [3.63, 3.8) is 0 Å². The second kappa shape index (κ2) is 14.6. The van der Waals surface area contributed by atoms with Gasteiger partial charge < -0.3 is 9.13 Å². The number of benzene rings is 7. The number of nitrogens with zero attached hydrogens (tertiary/aromatic N) is 7. The Morgan fingerprint density at radius 2 is 0.823 bits per heavy atom. The minimum absolute atomic E-state index is 0.535. The minimum atomic E-state index is 0.535. The van der Waals surface area contributed by atoms with Crippen LogP contribution in [-0.2, 0) is 0 Å². The van der Waals surface area contributed by atoms with Crippen LogP contribution in [0.3, 0.4) is 0 Å². The summed E-state index contributed by atoms with van der Waals surface area (Å²) in [7, 11) is 0. The van der Waals surface area contributed by atoms with Crippen molar-refractivity contribution < 1.29 is 0 Å². The summed E-state index contributed by atoms with van der Waals surface area (Å²) in [4.78, 5) is 24.1. The molecule has 0 atom stereocenters. The van der Waals surface area contributed by atoms with Crippen LogP contribution >= 0.6 is 0 Å². The first-order chi connectivity index (χ1) is 30.8. The highest BCUT2D eigenvalue weighted by Gasteiger charge is 2.26. The molecule has 7 heteroatoms. The molecule has 0 spiro atoms. The molecule has 290 valence electrons. The van der Waals surface area contributed by atoms with E-state index in [9.17, 15) is 0 Å². The van der Waals surface area contributed by atoms with E-state index in [0.717, 1.165) is 72.4 Å². The van der Waals surface area contributed by atoms with Gasteiger partial charge in [-0.1, -0.05) is 121 Å². The predicted molar refractivity (Wildman–Crippen MR) is 251 cm³/mol. The number of fused-ring (bicyclic) bond motifs is 7. The Bertz CT molecular complexity index is 3480. The maximum Gasteiger partial charge on any atom is 0.165 e. The highest BCUT2D eigenvalue weighted by molar-refractivity contribution is 6.26. The fourth-order valence-electron chi connectivity index (χ4n) is 9.03. The van der Waals surface area contributed by atoms with E-state index < -0.39 is 0 Å². The highest BCUT2D eigenvalue weighted by atomic mass is 15.0. The lowest BCUT2D eigenvalue weighted by Gasteiger charge is -2.21. The van der Waals surface area contributed by atoms with Crippen molar-refractivity contribution in [2.24, 2.45) is 0 Å². The molecule has 0 saturated heterocycles. The predicted octanol–water partition coefficient (Wildman–Crippen LogP) is 13.2. The molecule has 62 heavy (non-hydrogen) atoms. The largest absolute Gasteiger partial charge is 0.309 e. The average Bonchev–Trinajstić information content (AvgIpc) is 3.87. The Morgan fingerprint density at radius 3 is 1.39 bits per heavy atom. The fourth-order valence-corrected chi connectivity index (χ4v) is 9.03. The summed E-state index contributed by atoms with van der Waals surface area (Å²) < 4.78 is 4.91. The van der Waals surface area contributed by atoms with E-state index in [2.05, 4.69) is 183 Å². The van der Waals surface area contributed by atoms with E-state index in [1.165, 1.54) is 21.5 Å². The van der Waals surface area contributed by atoms with Gasteiger partial charge in [-0.15, -0.1) is 0 Å². The topological polar surface area (TPSA) is 74.3 Å². The molecule has 5 aromatic heterocycles. The third-order valence-electron chi connectivity index (χ3n) is 11.7. The number of hydrogen-bond donors (Lipinski definition) is 0. The van der Waals surface area contributed by atoms with Gasteiger partial charge in [0.25, 0.3) is 0 Å². The van der Waals surface area contributed by atoms with E-state index in [0.29, 0.717) is 17.5 Å². The molecule has 7 nitrogen and oxygen atoms in total. The highest BCUT2D eigenvalue weighted by Crippen LogP contribution is 2.47. The number of hydrogen-bond acceptors (Lipinski definition) is 5. The number of rotatable bonds is 7. The van der Waals surface area contributed by atoms with Gasteiger partial charge in [-0.3, -0.25) is 9.97 Å². The first-order valence-electron chi connectivity index (χ1n) is 20.7. The standard InChI is InChI=1S/C55H35N7/c1-4-16-36(17-5-1)45-32-40(55-59-53(38-20-14-30-56-34-38)58-54(60-55)39-21-15-31-57-35-39)33-46(37-18-6-2-7-19-37)51(45)62-47-26-12-10-24-42(47)43-28-29-49-50(52(43)62)44-25-11-13-27-48(44)61(49)41-22-8-3-9-23-41/h1-35H. The summed E-state index contributed by atoms with van der Waals surface area (Å²) in [6.45, 7) is 0. The van der Waals surface area contributed by atoms with Gasteiger partial charge >= 0.3 is 0 Å². The fraction of sp³-hybridized carbons (Fsp3) is 0.